The van der Waals surface area contributed by atoms with Crippen LogP contribution in [-0.4, -0.2) is 23.1 Å². The smallest absolute Gasteiger partial charge is 0.278 e. The molecule has 0 saturated carbocycles. The summed E-state index contributed by atoms with van der Waals surface area (Å²) in [7, 11) is 0. The molecule has 0 unspecified atom stereocenters. The molecule has 124 valence electrons. The van der Waals surface area contributed by atoms with Crippen molar-refractivity contribution in [3.05, 3.63) is 69.8 Å². The molecule has 0 saturated heterocycles. The van der Waals surface area contributed by atoms with Gasteiger partial charge in [-0.05, 0) is 44.2 Å². The van der Waals surface area contributed by atoms with Gasteiger partial charge in [-0.25, -0.2) is 5.43 Å². The molecule has 2 rings (SSSR count). The number of ether oxygens (including phenoxy) is 1. The second-order valence-corrected chi connectivity index (χ2v) is 5.21. The van der Waals surface area contributed by atoms with Crippen LogP contribution in [0.1, 0.15) is 29.8 Å². The van der Waals surface area contributed by atoms with Crippen molar-refractivity contribution in [2.24, 2.45) is 5.10 Å². The lowest BCUT2D eigenvalue weighted by atomic mass is 10.2. The zero-order chi connectivity index (χ0) is 17.5. The Morgan fingerprint density at radius 1 is 1.21 bits per heavy atom. The minimum atomic E-state index is -0.503. The van der Waals surface area contributed by atoms with Crippen LogP contribution in [0.2, 0.25) is 0 Å². The van der Waals surface area contributed by atoms with Gasteiger partial charge in [-0.2, -0.15) is 5.10 Å². The third-order valence-electron chi connectivity index (χ3n) is 2.99. The predicted octanol–water partition coefficient (Wildman–Crippen LogP) is 3.15. The maximum Gasteiger partial charge on any atom is 0.278 e. The van der Waals surface area contributed by atoms with Gasteiger partial charge in [0.25, 0.3) is 11.6 Å². The van der Waals surface area contributed by atoms with E-state index in [4.69, 9.17) is 4.74 Å². The summed E-state index contributed by atoms with van der Waals surface area (Å²) in [4.78, 5) is 22.4. The third kappa shape index (κ3) is 4.64. The molecule has 0 aromatic heterocycles. The van der Waals surface area contributed by atoms with E-state index in [-0.39, 0.29) is 11.8 Å². The molecule has 7 heteroatoms. The Morgan fingerprint density at radius 2 is 1.88 bits per heavy atom. The van der Waals surface area contributed by atoms with Crippen LogP contribution in [0.4, 0.5) is 5.69 Å². The van der Waals surface area contributed by atoms with Crippen LogP contribution in [0, 0.1) is 10.1 Å². The number of nitro groups is 1. The Morgan fingerprint density at radius 3 is 2.50 bits per heavy atom. The Labute approximate surface area is 139 Å². The summed E-state index contributed by atoms with van der Waals surface area (Å²) >= 11 is 0. The van der Waals surface area contributed by atoms with Gasteiger partial charge in [0.05, 0.1) is 22.8 Å². The molecule has 2 aromatic rings. The van der Waals surface area contributed by atoms with Gasteiger partial charge < -0.3 is 4.74 Å². The molecular weight excluding hydrogens is 310 g/mol. The Kier molecular flexibility index (Phi) is 5.62. The largest absolute Gasteiger partial charge is 0.491 e. The highest BCUT2D eigenvalue weighted by atomic mass is 16.6. The monoisotopic (exact) mass is 327 g/mol. The van der Waals surface area contributed by atoms with E-state index in [1.165, 1.54) is 12.3 Å². The lowest BCUT2D eigenvalue weighted by Crippen LogP contribution is -2.17. The van der Waals surface area contributed by atoms with Crippen LogP contribution in [-0.2, 0) is 0 Å². The standard InChI is InChI=1S/C17H17N3O4/c1-12(2)24-15-9-7-13(8-10-15)17(21)19-18-11-14-5-3-4-6-16(14)20(22)23/h3-12H,1-2H3,(H,19,21)/b18-11-. The second-order valence-electron chi connectivity index (χ2n) is 5.21. The van der Waals surface area contributed by atoms with Crippen molar-refractivity contribution in [1.82, 2.24) is 5.43 Å². The molecule has 1 N–H and O–H groups in total. The third-order valence-corrected chi connectivity index (χ3v) is 2.99. The lowest BCUT2D eigenvalue weighted by molar-refractivity contribution is -0.385. The predicted molar refractivity (Wildman–Crippen MR) is 90.4 cm³/mol. The van der Waals surface area contributed by atoms with Crippen LogP contribution >= 0.6 is 0 Å². The first-order valence-corrected chi connectivity index (χ1v) is 7.31. The van der Waals surface area contributed by atoms with E-state index in [1.54, 1.807) is 42.5 Å². The zero-order valence-electron chi connectivity index (χ0n) is 13.3. The zero-order valence-corrected chi connectivity index (χ0v) is 13.3. The van der Waals surface area contributed by atoms with E-state index in [1.807, 2.05) is 13.8 Å². The molecule has 0 aliphatic heterocycles. The van der Waals surface area contributed by atoms with Gasteiger partial charge >= 0.3 is 0 Å². The van der Waals surface area contributed by atoms with E-state index in [9.17, 15) is 14.9 Å². The van der Waals surface area contributed by atoms with Crippen LogP contribution in [0.5, 0.6) is 5.75 Å². The van der Waals surface area contributed by atoms with E-state index in [2.05, 4.69) is 10.5 Å². The summed E-state index contributed by atoms with van der Waals surface area (Å²) in [5.74, 6) is 0.255. The highest BCUT2D eigenvalue weighted by Crippen LogP contribution is 2.15. The SMILES string of the molecule is CC(C)Oc1ccc(C(=O)N/N=C\c2ccccc2[N+](=O)[O-])cc1. The number of hydrazone groups is 1. The van der Waals surface area contributed by atoms with Crippen LogP contribution < -0.4 is 10.2 Å². The fourth-order valence-corrected chi connectivity index (χ4v) is 1.95. The van der Waals surface area contributed by atoms with Gasteiger partial charge in [0.2, 0.25) is 0 Å². The van der Waals surface area contributed by atoms with E-state index in [0.717, 1.165) is 0 Å². The first kappa shape index (κ1) is 17.1. The van der Waals surface area contributed by atoms with Gasteiger partial charge in [0, 0.05) is 11.6 Å². The minimum absolute atomic E-state index is 0.0518. The summed E-state index contributed by atoms with van der Waals surface area (Å²) in [6.07, 6.45) is 1.29. The molecule has 0 atom stereocenters. The van der Waals surface area contributed by atoms with Gasteiger partial charge in [-0.15, -0.1) is 0 Å². The number of nitro benzene ring substituents is 1. The fourth-order valence-electron chi connectivity index (χ4n) is 1.95. The van der Waals surface area contributed by atoms with Gasteiger partial charge in [0.1, 0.15) is 5.75 Å². The molecule has 7 nitrogen and oxygen atoms in total. The number of hydrogen-bond donors (Lipinski definition) is 1. The summed E-state index contributed by atoms with van der Waals surface area (Å²) in [5.41, 5.74) is 2.98. The number of nitrogens with zero attached hydrogens (tertiary/aromatic N) is 2. The highest BCUT2D eigenvalue weighted by Gasteiger charge is 2.10. The molecular formula is C17H17N3O4. The number of rotatable bonds is 6. The normalized spacial score (nSPS) is 10.8. The Hall–Kier alpha value is -3.22. The van der Waals surface area contributed by atoms with Crippen molar-refractivity contribution in [2.75, 3.05) is 0 Å². The second kappa shape index (κ2) is 7.87. The van der Waals surface area contributed by atoms with Crippen molar-refractivity contribution in [1.29, 1.82) is 0 Å². The van der Waals surface area contributed by atoms with Crippen molar-refractivity contribution >= 4 is 17.8 Å². The first-order valence-electron chi connectivity index (χ1n) is 7.31. The number of carbonyl (C=O) groups excluding carboxylic acids is 1. The Balaban J connectivity index is 2.01. The van der Waals surface area contributed by atoms with Gasteiger partial charge in [0.15, 0.2) is 0 Å². The number of hydrogen-bond acceptors (Lipinski definition) is 5. The molecule has 2 aromatic carbocycles. The Bertz CT molecular complexity index is 755. The van der Waals surface area contributed by atoms with Crippen LogP contribution in [0.15, 0.2) is 53.6 Å². The summed E-state index contributed by atoms with van der Waals surface area (Å²) in [6.45, 7) is 3.83. The molecule has 0 heterocycles. The summed E-state index contributed by atoms with van der Waals surface area (Å²) in [5, 5.41) is 14.7. The van der Waals surface area contributed by atoms with Gasteiger partial charge in [-0.3, -0.25) is 14.9 Å². The molecule has 1 amide bonds. The molecule has 0 aliphatic rings. The molecule has 0 bridgehead atoms. The maximum atomic E-state index is 12.0. The first-order chi connectivity index (χ1) is 11.5. The molecule has 0 fully saturated rings. The number of para-hydroxylation sites is 1. The molecule has 0 spiro atoms. The summed E-state index contributed by atoms with van der Waals surface area (Å²) < 4.78 is 5.50. The van der Waals surface area contributed by atoms with Gasteiger partial charge in [-0.1, -0.05) is 12.1 Å². The van der Waals surface area contributed by atoms with Crippen molar-refractivity contribution in [3.8, 4) is 5.75 Å². The number of nitrogens with one attached hydrogen (secondary N) is 1. The minimum Gasteiger partial charge on any atom is -0.491 e. The average molecular weight is 327 g/mol. The fraction of sp³-hybridized carbons (Fsp3) is 0.176. The van der Waals surface area contributed by atoms with Crippen molar-refractivity contribution in [2.45, 2.75) is 20.0 Å². The van der Waals surface area contributed by atoms with Crippen molar-refractivity contribution < 1.29 is 14.5 Å². The van der Waals surface area contributed by atoms with E-state index >= 15 is 0 Å². The average Bonchev–Trinajstić information content (AvgIpc) is 2.55. The topological polar surface area (TPSA) is 93.8 Å². The lowest BCUT2D eigenvalue weighted by Gasteiger charge is -2.09. The van der Waals surface area contributed by atoms with E-state index in [0.29, 0.717) is 16.9 Å². The number of carbonyl (C=O) groups is 1. The highest BCUT2D eigenvalue weighted by molar-refractivity contribution is 5.95. The summed E-state index contributed by atoms with van der Waals surface area (Å²) in [6, 6.07) is 12.8. The molecule has 24 heavy (non-hydrogen) atoms. The van der Waals surface area contributed by atoms with Crippen LogP contribution in [0.25, 0.3) is 0 Å². The maximum absolute atomic E-state index is 12.0. The quantitative estimate of drug-likeness (QED) is 0.501. The molecule has 0 aliphatic carbocycles. The molecule has 0 radical (unpaired) electrons. The number of amides is 1. The van der Waals surface area contributed by atoms with E-state index < -0.39 is 10.8 Å². The van der Waals surface area contributed by atoms with Crippen LogP contribution in [0.3, 0.4) is 0 Å². The number of benzene rings is 2. The van der Waals surface area contributed by atoms with Crippen molar-refractivity contribution in [3.63, 3.8) is 0 Å².